The van der Waals surface area contributed by atoms with Crippen molar-refractivity contribution in [2.75, 3.05) is 12.8 Å². The van der Waals surface area contributed by atoms with Crippen molar-refractivity contribution in [1.29, 1.82) is 0 Å². The average molecular weight is 218 g/mol. The van der Waals surface area contributed by atoms with E-state index in [1.165, 1.54) is 0 Å². The minimum absolute atomic E-state index is 0.440. The van der Waals surface area contributed by atoms with Crippen LogP contribution >= 0.6 is 0 Å². The fourth-order valence-electron chi connectivity index (χ4n) is 1.62. The van der Waals surface area contributed by atoms with Gasteiger partial charge in [0.1, 0.15) is 11.4 Å². The van der Waals surface area contributed by atoms with Crippen LogP contribution in [0.1, 0.15) is 6.92 Å². The fourth-order valence-corrected chi connectivity index (χ4v) is 1.62. The highest BCUT2D eigenvalue weighted by Gasteiger charge is 2.11. The molecule has 84 valence electrons. The zero-order valence-corrected chi connectivity index (χ0v) is 9.34. The van der Waals surface area contributed by atoms with Crippen molar-refractivity contribution < 1.29 is 4.74 Å². The highest BCUT2D eigenvalue weighted by atomic mass is 16.5. The zero-order valence-electron chi connectivity index (χ0n) is 9.34. The maximum absolute atomic E-state index is 5.81. The van der Waals surface area contributed by atoms with Crippen LogP contribution in [0.4, 0.5) is 5.82 Å². The molecule has 0 saturated carbocycles. The summed E-state index contributed by atoms with van der Waals surface area (Å²) in [4.78, 5) is 0. The van der Waals surface area contributed by atoms with Crippen LogP contribution in [0, 0.1) is 0 Å². The van der Waals surface area contributed by atoms with E-state index >= 15 is 0 Å². The van der Waals surface area contributed by atoms with Gasteiger partial charge in [0.25, 0.3) is 0 Å². The zero-order chi connectivity index (χ0) is 11.5. The number of aryl methyl sites for hydroxylation is 1. The van der Waals surface area contributed by atoms with Gasteiger partial charge < -0.3 is 10.5 Å². The van der Waals surface area contributed by atoms with Crippen molar-refractivity contribution in [3.05, 3.63) is 24.3 Å². The third-order valence-corrected chi connectivity index (χ3v) is 2.40. The van der Waals surface area contributed by atoms with Crippen molar-refractivity contribution in [1.82, 2.24) is 15.0 Å². The number of nitrogens with zero attached hydrogens (tertiary/aromatic N) is 3. The third kappa shape index (κ3) is 1.71. The first-order chi connectivity index (χ1) is 7.76. The molecule has 2 N–H and O–H groups in total. The van der Waals surface area contributed by atoms with Crippen LogP contribution < -0.4 is 10.5 Å². The van der Waals surface area contributed by atoms with E-state index in [9.17, 15) is 0 Å². The van der Waals surface area contributed by atoms with Crippen molar-refractivity contribution in [2.24, 2.45) is 0 Å². The van der Waals surface area contributed by atoms with Gasteiger partial charge >= 0.3 is 0 Å². The summed E-state index contributed by atoms with van der Waals surface area (Å²) in [5.74, 6) is 1.23. The summed E-state index contributed by atoms with van der Waals surface area (Å²) in [6.45, 7) is 2.73. The molecule has 0 aliphatic rings. The molecule has 5 heteroatoms. The van der Waals surface area contributed by atoms with E-state index < -0.39 is 0 Å². The van der Waals surface area contributed by atoms with Gasteiger partial charge in [-0.1, -0.05) is 17.3 Å². The molecule has 0 aliphatic heterocycles. The molecular weight excluding hydrogens is 204 g/mol. The van der Waals surface area contributed by atoms with Gasteiger partial charge in [0.15, 0.2) is 5.82 Å². The number of rotatable bonds is 3. The molecule has 0 bridgehead atoms. The van der Waals surface area contributed by atoms with Crippen LogP contribution in [-0.4, -0.2) is 22.1 Å². The molecule has 1 aromatic carbocycles. The molecule has 0 fully saturated rings. The van der Waals surface area contributed by atoms with Gasteiger partial charge in [-0.3, -0.25) is 0 Å². The number of aromatic nitrogens is 3. The van der Waals surface area contributed by atoms with Gasteiger partial charge in [-0.05, 0) is 19.1 Å². The molecule has 0 aliphatic carbocycles. The topological polar surface area (TPSA) is 66.0 Å². The van der Waals surface area contributed by atoms with Gasteiger partial charge in [-0.15, -0.1) is 5.10 Å². The summed E-state index contributed by atoms with van der Waals surface area (Å²) in [6, 6.07) is 7.69. The van der Waals surface area contributed by atoms with E-state index in [1.807, 2.05) is 31.2 Å². The lowest BCUT2D eigenvalue weighted by Gasteiger charge is -2.06. The van der Waals surface area contributed by atoms with Gasteiger partial charge in [0, 0.05) is 12.1 Å². The number of nitrogen functional groups attached to an aromatic ring is 1. The molecule has 0 radical (unpaired) electrons. The second kappa shape index (κ2) is 4.22. The molecule has 16 heavy (non-hydrogen) atoms. The Labute approximate surface area is 93.8 Å². The van der Waals surface area contributed by atoms with Crippen molar-refractivity contribution in [3.63, 3.8) is 0 Å². The Morgan fingerprint density at radius 1 is 1.44 bits per heavy atom. The Morgan fingerprint density at radius 2 is 2.25 bits per heavy atom. The molecular formula is C11H14N4O. The number of ether oxygens (including phenoxy) is 1. The second-order valence-corrected chi connectivity index (χ2v) is 3.37. The van der Waals surface area contributed by atoms with Crippen molar-refractivity contribution in [2.45, 2.75) is 13.5 Å². The molecule has 0 amide bonds. The fraction of sp³-hybridized carbons (Fsp3) is 0.273. The number of methoxy groups -OCH3 is 1. The quantitative estimate of drug-likeness (QED) is 0.848. The molecule has 0 saturated heterocycles. The standard InChI is InChI=1S/C11H14N4O/c1-3-15-10(11(12)13-14-15)8-5-4-6-9(7-8)16-2/h4-7H,3,12H2,1-2H3. The molecule has 5 nitrogen and oxygen atoms in total. The molecule has 0 spiro atoms. The van der Waals surface area contributed by atoms with E-state index in [-0.39, 0.29) is 0 Å². The van der Waals surface area contributed by atoms with Crippen LogP contribution in [0.3, 0.4) is 0 Å². The van der Waals surface area contributed by atoms with Crippen LogP contribution in [-0.2, 0) is 6.54 Å². The Kier molecular flexibility index (Phi) is 2.76. The minimum atomic E-state index is 0.440. The lowest BCUT2D eigenvalue weighted by molar-refractivity contribution is 0.415. The third-order valence-electron chi connectivity index (χ3n) is 2.40. The van der Waals surface area contributed by atoms with E-state index in [1.54, 1.807) is 11.8 Å². The maximum atomic E-state index is 5.81. The maximum Gasteiger partial charge on any atom is 0.174 e. The largest absolute Gasteiger partial charge is 0.497 e. The number of nitrogens with two attached hydrogens (primary N) is 1. The Balaban J connectivity index is 2.53. The highest BCUT2D eigenvalue weighted by molar-refractivity contribution is 5.70. The number of anilines is 1. The first-order valence-corrected chi connectivity index (χ1v) is 5.09. The normalized spacial score (nSPS) is 10.4. The number of benzene rings is 1. The van der Waals surface area contributed by atoms with E-state index in [0.717, 1.165) is 23.6 Å². The van der Waals surface area contributed by atoms with Gasteiger partial charge in [-0.2, -0.15) is 0 Å². The number of hydrogen-bond donors (Lipinski definition) is 1. The molecule has 0 unspecified atom stereocenters. The average Bonchev–Trinajstić information content (AvgIpc) is 2.70. The second-order valence-electron chi connectivity index (χ2n) is 3.37. The summed E-state index contributed by atoms with van der Waals surface area (Å²) < 4.78 is 6.94. The van der Waals surface area contributed by atoms with E-state index in [2.05, 4.69) is 10.3 Å². The van der Waals surface area contributed by atoms with Gasteiger partial charge in [-0.25, -0.2) is 4.68 Å². The smallest absolute Gasteiger partial charge is 0.174 e. The Morgan fingerprint density at radius 3 is 2.94 bits per heavy atom. The molecule has 2 aromatic rings. The van der Waals surface area contributed by atoms with Gasteiger partial charge in [0.05, 0.1) is 7.11 Å². The van der Waals surface area contributed by atoms with Crippen molar-refractivity contribution in [3.8, 4) is 17.0 Å². The summed E-state index contributed by atoms with van der Waals surface area (Å²) >= 11 is 0. The van der Waals surface area contributed by atoms with E-state index in [4.69, 9.17) is 10.5 Å². The Bertz CT molecular complexity index is 492. The summed E-state index contributed by atoms with van der Waals surface area (Å²) in [7, 11) is 1.64. The van der Waals surface area contributed by atoms with Crippen LogP contribution in [0.2, 0.25) is 0 Å². The SMILES string of the molecule is CCn1nnc(N)c1-c1cccc(OC)c1. The molecule has 1 heterocycles. The predicted molar refractivity (Wildman–Crippen MR) is 62.1 cm³/mol. The lowest BCUT2D eigenvalue weighted by atomic mass is 10.1. The Hall–Kier alpha value is -2.04. The first-order valence-electron chi connectivity index (χ1n) is 5.09. The summed E-state index contributed by atoms with van der Waals surface area (Å²) in [6.07, 6.45) is 0. The van der Waals surface area contributed by atoms with Gasteiger partial charge in [0.2, 0.25) is 0 Å². The first kappa shape index (κ1) is 10.5. The molecule has 0 atom stereocenters. The monoisotopic (exact) mass is 218 g/mol. The minimum Gasteiger partial charge on any atom is -0.497 e. The van der Waals surface area contributed by atoms with Crippen LogP contribution in [0.25, 0.3) is 11.3 Å². The predicted octanol–water partition coefficient (Wildman–Crippen LogP) is 1.56. The summed E-state index contributed by atoms with van der Waals surface area (Å²) in [5, 5.41) is 7.84. The highest BCUT2D eigenvalue weighted by Crippen LogP contribution is 2.26. The molecule has 2 rings (SSSR count). The van der Waals surface area contributed by atoms with E-state index in [0.29, 0.717) is 5.82 Å². The summed E-state index contributed by atoms with van der Waals surface area (Å²) in [5.41, 5.74) is 7.60. The number of hydrogen-bond acceptors (Lipinski definition) is 4. The van der Waals surface area contributed by atoms with Crippen LogP contribution in [0.15, 0.2) is 24.3 Å². The lowest BCUT2D eigenvalue weighted by Crippen LogP contribution is -2.00. The molecule has 1 aromatic heterocycles. The van der Waals surface area contributed by atoms with Crippen LogP contribution in [0.5, 0.6) is 5.75 Å². The van der Waals surface area contributed by atoms with Crippen molar-refractivity contribution >= 4 is 5.82 Å².